The summed E-state index contributed by atoms with van der Waals surface area (Å²) in [6, 6.07) is 2.61. The fraction of sp³-hybridized carbons (Fsp3) is 0.364. The van der Waals surface area contributed by atoms with Crippen molar-refractivity contribution in [3.63, 3.8) is 0 Å². The number of hydrogen-bond acceptors (Lipinski definition) is 4. The van der Waals surface area contributed by atoms with Gasteiger partial charge in [-0.1, -0.05) is 6.07 Å². The Morgan fingerprint density at radius 2 is 2.29 bits per heavy atom. The second kappa shape index (κ2) is 4.67. The van der Waals surface area contributed by atoms with Crippen LogP contribution in [0.2, 0.25) is 0 Å². The van der Waals surface area contributed by atoms with Crippen molar-refractivity contribution < 1.29 is 19.5 Å². The summed E-state index contributed by atoms with van der Waals surface area (Å²) in [6.45, 7) is 0. The average molecular weight is 253 g/mol. The maximum absolute atomic E-state index is 11.9. The summed E-state index contributed by atoms with van der Waals surface area (Å²) >= 11 is 1.41. The molecule has 6 heteroatoms. The predicted octanol–water partition coefficient (Wildman–Crippen LogP) is 0.893. The summed E-state index contributed by atoms with van der Waals surface area (Å²) < 4.78 is 0. The van der Waals surface area contributed by atoms with Gasteiger partial charge in [-0.3, -0.25) is 14.5 Å². The zero-order valence-corrected chi connectivity index (χ0v) is 9.77. The number of nitrogens with zero attached hydrogens (tertiary/aromatic N) is 1. The smallest absolute Gasteiger partial charge is 0.326 e. The summed E-state index contributed by atoms with van der Waals surface area (Å²) in [5.74, 6) is -1.93. The number of carbonyl (C=O) groups is 3. The molecular weight excluding hydrogens is 242 g/mol. The van der Waals surface area contributed by atoms with Crippen LogP contribution in [0.15, 0.2) is 17.5 Å². The number of rotatable bonds is 3. The van der Waals surface area contributed by atoms with E-state index in [2.05, 4.69) is 0 Å². The van der Waals surface area contributed by atoms with Crippen LogP contribution in [-0.2, 0) is 20.8 Å². The molecule has 0 aliphatic carbocycles. The lowest BCUT2D eigenvalue weighted by atomic mass is 10.2. The number of carboxylic acid groups (broad SMARTS) is 1. The molecule has 2 heterocycles. The lowest BCUT2D eigenvalue weighted by Gasteiger charge is -2.19. The molecule has 0 spiro atoms. The number of amides is 2. The van der Waals surface area contributed by atoms with E-state index in [1.165, 1.54) is 11.3 Å². The van der Waals surface area contributed by atoms with Crippen LogP contribution in [-0.4, -0.2) is 33.8 Å². The van der Waals surface area contributed by atoms with Gasteiger partial charge in [-0.25, -0.2) is 4.79 Å². The molecule has 1 aromatic heterocycles. The van der Waals surface area contributed by atoms with E-state index >= 15 is 0 Å². The van der Waals surface area contributed by atoms with Crippen LogP contribution in [0, 0.1) is 0 Å². The molecule has 2 amide bonds. The molecule has 1 aliphatic heterocycles. The zero-order chi connectivity index (χ0) is 12.4. The Balaban J connectivity index is 2.11. The number of likely N-dealkylation sites (tertiary alicyclic amines) is 1. The number of carbonyl (C=O) groups excluding carboxylic acids is 2. The lowest BCUT2D eigenvalue weighted by Crippen LogP contribution is -2.43. The Morgan fingerprint density at radius 1 is 1.53 bits per heavy atom. The summed E-state index contributed by atoms with van der Waals surface area (Å²) in [5, 5.41) is 10.8. The SMILES string of the molecule is O=C(O)C1CCC(=O)N1C(=O)Cc1cccs1. The van der Waals surface area contributed by atoms with E-state index in [9.17, 15) is 14.4 Å². The van der Waals surface area contributed by atoms with E-state index in [1.54, 1.807) is 6.07 Å². The van der Waals surface area contributed by atoms with Gasteiger partial charge in [0.15, 0.2) is 0 Å². The normalized spacial score (nSPS) is 19.6. The molecule has 0 saturated carbocycles. The lowest BCUT2D eigenvalue weighted by molar-refractivity contribution is -0.153. The monoisotopic (exact) mass is 253 g/mol. The Morgan fingerprint density at radius 3 is 2.88 bits per heavy atom. The minimum absolute atomic E-state index is 0.0905. The second-order valence-corrected chi connectivity index (χ2v) is 4.84. The molecule has 0 radical (unpaired) electrons. The number of hydrogen-bond donors (Lipinski definition) is 1. The van der Waals surface area contributed by atoms with Crippen molar-refractivity contribution in [3.05, 3.63) is 22.4 Å². The molecule has 0 aromatic carbocycles. The summed E-state index contributed by atoms with van der Waals surface area (Å²) in [7, 11) is 0. The third kappa shape index (κ3) is 2.36. The van der Waals surface area contributed by atoms with E-state index in [-0.39, 0.29) is 25.2 Å². The van der Waals surface area contributed by atoms with E-state index in [0.29, 0.717) is 0 Å². The van der Waals surface area contributed by atoms with E-state index in [0.717, 1.165) is 9.78 Å². The molecule has 1 saturated heterocycles. The molecule has 1 atom stereocenters. The molecular formula is C11H11NO4S. The topological polar surface area (TPSA) is 74.7 Å². The van der Waals surface area contributed by atoms with Gasteiger partial charge in [0.1, 0.15) is 6.04 Å². The van der Waals surface area contributed by atoms with Gasteiger partial charge in [-0.05, 0) is 17.9 Å². The fourth-order valence-electron chi connectivity index (χ4n) is 1.88. The zero-order valence-electron chi connectivity index (χ0n) is 8.96. The third-order valence-electron chi connectivity index (χ3n) is 2.67. The van der Waals surface area contributed by atoms with Crippen molar-refractivity contribution >= 4 is 29.1 Å². The van der Waals surface area contributed by atoms with Crippen molar-refractivity contribution in [2.45, 2.75) is 25.3 Å². The van der Waals surface area contributed by atoms with Gasteiger partial charge in [-0.15, -0.1) is 11.3 Å². The molecule has 1 unspecified atom stereocenters. The maximum atomic E-state index is 11.9. The van der Waals surface area contributed by atoms with Crippen LogP contribution in [0.4, 0.5) is 0 Å². The minimum atomic E-state index is -1.12. The standard InChI is InChI=1S/C11H11NO4S/c13-9-4-3-8(11(15)16)12(9)10(14)6-7-2-1-5-17-7/h1-2,5,8H,3-4,6H2,(H,15,16). The van der Waals surface area contributed by atoms with Crippen molar-refractivity contribution in [1.82, 2.24) is 4.90 Å². The highest BCUT2D eigenvalue weighted by Gasteiger charge is 2.39. The van der Waals surface area contributed by atoms with Gasteiger partial charge in [0.25, 0.3) is 0 Å². The largest absolute Gasteiger partial charge is 0.480 e. The highest BCUT2D eigenvalue weighted by Crippen LogP contribution is 2.21. The average Bonchev–Trinajstić information content (AvgIpc) is 2.86. The Hall–Kier alpha value is -1.69. The van der Waals surface area contributed by atoms with Gasteiger partial charge in [0, 0.05) is 11.3 Å². The molecule has 17 heavy (non-hydrogen) atoms. The Kier molecular flexibility index (Phi) is 3.23. The maximum Gasteiger partial charge on any atom is 0.326 e. The van der Waals surface area contributed by atoms with Gasteiger partial charge < -0.3 is 5.11 Å². The molecule has 5 nitrogen and oxygen atoms in total. The summed E-state index contributed by atoms with van der Waals surface area (Å²) in [5.41, 5.74) is 0. The quantitative estimate of drug-likeness (QED) is 0.868. The second-order valence-electron chi connectivity index (χ2n) is 3.81. The van der Waals surface area contributed by atoms with Crippen molar-refractivity contribution in [2.24, 2.45) is 0 Å². The first kappa shape index (κ1) is 11.8. The van der Waals surface area contributed by atoms with Crippen LogP contribution in [0.5, 0.6) is 0 Å². The van der Waals surface area contributed by atoms with Crippen LogP contribution >= 0.6 is 11.3 Å². The number of aliphatic carboxylic acids is 1. The molecule has 1 aromatic rings. The van der Waals surface area contributed by atoms with E-state index in [4.69, 9.17) is 5.11 Å². The summed E-state index contributed by atoms with van der Waals surface area (Å²) in [4.78, 5) is 36.0. The van der Waals surface area contributed by atoms with Crippen LogP contribution in [0.25, 0.3) is 0 Å². The minimum Gasteiger partial charge on any atom is -0.480 e. The first-order valence-electron chi connectivity index (χ1n) is 5.19. The Bertz CT molecular complexity index is 454. The van der Waals surface area contributed by atoms with Crippen LogP contribution in [0.3, 0.4) is 0 Å². The van der Waals surface area contributed by atoms with Gasteiger partial charge in [0.05, 0.1) is 6.42 Å². The van der Waals surface area contributed by atoms with Crippen molar-refractivity contribution in [3.8, 4) is 0 Å². The van der Waals surface area contributed by atoms with Crippen molar-refractivity contribution in [2.75, 3.05) is 0 Å². The van der Waals surface area contributed by atoms with E-state index < -0.39 is 17.9 Å². The van der Waals surface area contributed by atoms with E-state index in [1.807, 2.05) is 11.4 Å². The molecule has 2 rings (SSSR count). The molecule has 0 bridgehead atoms. The number of thiophene rings is 1. The number of imide groups is 1. The first-order valence-corrected chi connectivity index (χ1v) is 6.07. The van der Waals surface area contributed by atoms with Crippen LogP contribution in [0.1, 0.15) is 17.7 Å². The first-order chi connectivity index (χ1) is 8.09. The molecule has 1 N–H and O–H groups in total. The van der Waals surface area contributed by atoms with Crippen LogP contribution < -0.4 is 0 Å². The predicted molar refractivity (Wildman–Crippen MR) is 60.5 cm³/mol. The fourth-order valence-corrected chi connectivity index (χ4v) is 2.57. The van der Waals surface area contributed by atoms with Gasteiger partial charge >= 0.3 is 5.97 Å². The van der Waals surface area contributed by atoms with Crippen molar-refractivity contribution in [1.29, 1.82) is 0 Å². The van der Waals surface area contributed by atoms with Gasteiger partial charge in [0.2, 0.25) is 11.8 Å². The highest BCUT2D eigenvalue weighted by atomic mass is 32.1. The summed E-state index contributed by atoms with van der Waals surface area (Å²) in [6.07, 6.45) is 0.435. The molecule has 1 aliphatic rings. The highest BCUT2D eigenvalue weighted by molar-refractivity contribution is 7.10. The molecule has 90 valence electrons. The van der Waals surface area contributed by atoms with Gasteiger partial charge in [-0.2, -0.15) is 0 Å². The third-order valence-corrected chi connectivity index (χ3v) is 3.55. The Labute approximate surface area is 102 Å². The molecule has 1 fully saturated rings. The number of carboxylic acids is 1.